The van der Waals surface area contributed by atoms with Crippen molar-refractivity contribution in [3.63, 3.8) is 0 Å². The molecule has 1 heterocycles. The van der Waals surface area contributed by atoms with E-state index in [0.29, 0.717) is 5.75 Å². The number of thioether (sulfide) groups is 1. The van der Waals surface area contributed by atoms with Gasteiger partial charge in [-0.3, -0.25) is 4.79 Å². The van der Waals surface area contributed by atoms with Crippen molar-refractivity contribution in [3.05, 3.63) is 5.51 Å². The van der Waals surface area contributed by atoms with Gasteiger partial charge >= 0.3 is 5.97 Å². The van der Waals surface area contributed by atoms with Crippen LogP contribution in [0.25, 0.3) is 0 Å². The van der Waals surface area contributed by atoms with Crippen LogP contribution in [0.2, 0.25) is 0 Å². The minimum atomic E-state index is -0.799. The van der Waals surface area contributed by atoms with E-state index >= 15 is 0 Å². The SMILES string of the molecule is CCCNC(CSc1nncs1)(C(=O)O)C1CC1. The summed E-state index contributed by atoms with van der Waals surface area (Å²) in [4.78, 5) is 11.7. The summed E-state index contributed by atoms with van der Waals surface area (Å²) in [6.07, 6.45) is 2.94. The van der Waals surface area contributed by atoms with Gasteiger partial charge in [0.05, 0.1) is 0 Å². The smallest absolute Gasteiger partial charge is 0.325 e. The van der Waals surface area contributed by atoms with Gasteiger partial charge in [-0.05, 0) is 31.7 Å². The van der Waals surface area contributed by atoms with E-state index in [-0.39, 0.29) is 5.92 Å². The number of carboxylic acids is 1. The number of hydrogen-bond acceptors (Lipinski definition) is 6. The second kappa shape index (κ2) is 5.99. The van der Waals surface area contributed by atoms with E-state index in [0.717, 1.165) is 30.1 Å². The van der Waals surface area contributed by atoms with Crippen molar-refractivity contribution in [1.82, 2.24) is 15.5 Å². The molecule has 0 aliphatic heterocycles. The summed E-state index contributed by atoms with van der Waals surface area (Å²) in [7, 11) is 0. The molecule has 1 aromatic heterocycles. The summed E-state index contributed by atoms with van der Waals surface area (Å²) in [5.41, 5.74) is 0.869. The fourth-order valence-corrected chi connectivity index (χ4v) is 3.72. The molecule has 5 nitrogen and oxygen atoms in total. The Balaban J connectivity index is 2.04. The van der Waals surface area contributed by atoms with Crippen LogP contribution in [0.4, 0.5) is 0 Å². The Bertz CT molecular complexity index is 395. The van der Waals surface area contributed by atoms with Crippen molar-refractivity contribution in [2.75, 3.05) is 12.3 Å². The van der Waals surface area contributed by atoms with Crippen LogP contribution in [0.3, 0.4) is 0 Å². The minimum Gasteiger partial charge on any atom is -0.480 e. The predicted octanol–water partition coefficient (Wildman–Crippen LogP) is 1.86. The Hall–Kier alpha value is -0.660. The zero-order valence-corrected chi connectivity index (χ0v) is 11.9. The Labute approximate surface area is 114 Å². The molecule has 0 spiro atoms. The van der Waals surface area contributed by atoms with Crippen molar-refractivity contribution in [2.45, 2.75) is 36.1 Å². The molecule has 1 fully saturated rings. The molecule has 0 radical (unpaired) electrons. The van der Waals surface area contributed by atoms with E-state index in [1.165, 1.54) is 23.1 Å². The Morgan fingerprint density at radius 3 is 3.00 bits per heavy atom. The summed E-state index contributed by atoms with van der Waals surface area (Å²) in [5, 5.41) is 20.5. The second-order valence-corrected chi connectivity index (χ2v) is 6.53. The Morgan fingerprint density at radius 1 is 1.72 bits per heavy atom. The largest absolute Gasteiger partial charge is 0.480 e. The molecule has 18 heavy (non-hydrogen) atoms. The van der Waals surface area contributed by atoms with E-state index in [2.05, 4.69) is 15.5 Å². The number of hydrogen-bond donors (Lipinski definition) is 2. The van der Waals surface area contributed by atoms with Gasteiger partial charge < -0.3 is 10.4 Å². The lowest BCUT2D eigenvalue weighted by Crippen LogP contribution is -2.56. The van der Waals surface area contributed by atoms with Gasteiger partial charge in [-0.1, -0.05) is 30.0 Å². The quantitative estimate of drug-likeness (QED) is 0.711. The summed E-state index contributed by atoms with van der Waals surface area (Å²) in [6, 6.07) is 0. The zero-order valence-electron chi connectivity index (χ0n) is 10.3. The summed E-state index contributed by atoms with van der Waals surface area (Å²) in [5.74, 6) is 0.0276. The molecule has 1 aliphatic carbocycles. The fourth-order valence-electron chi connectivity index (χ4n) is 1.95. The molecule has 1 atom stereocenters. The number of nitrogens with zero attached hydrogens (tertiary/aromatic N) is 2. The molecule has 1 unspecified atom stereocenters. The molecule has 1 aliphatic rings. The number of carbonyl (C=O) groups is 1. The Morgan fingerprint density at radius 2 is 2.50 bits per heavy atom. The monoisotopic (exact) mass is 287 g/mol. The minimum absolute atomic E-state index is 0.252. The van der Waals surface area contributed by atoms with Crippen molar-refractivity contribution in [3.8, 4) is 0 Å². The molecule has 1 saturated carbocycles. The normalized spacial score (nSPS) is 18.5. The van der Waals surface area contributed by atoms with E-state index < -0.39 is 11.5 Å². The lowest BCUT2D eigenvalue weighted by Gasteiger charge is -2.30. The van der Waals surface area contributed by atoms with Crippen LogP contribution in [0.15, 0.2) is 9.85 Å². The Kier molecular flexibility index (Phi) is 4.58. The maximum Gasteiger partial charge on any atom is 0.325 e. The number of nitrogens with one attached hydrogen (secondary N) is 1. The highest BCUT2D eigenvalue weighted by Crippen LogP contribution is 2.42. The third-order valence-electron chi connectivity index (χ3n) is 3.11. The van der Waals surface area contributed by atoms with Crippen LogP contribution < -0.4 is 5.32 Å². The lowest BCUT2D eigenvalue weighted by molar-refractivity contribution is -0.144. The third-order valence-corrected chi connectivity index (χ3v) is 5.16. The molecule has 0 saturated heterocycles. The third kappa shape index (κ3) is 3.02. The average molecular weight is 287 g/mol. The van der Waals surface area contributed by atoms with Gasteiger partial charge in [-0.15, -0.1) is 10.2 Å². The molecule has 0 amide bonds. The second-order valence-electron chi connectivity index (χ2n) is 4.47. The number of aromatic nitrogens is 2. The van der Waals surface area contributed by atoms with Crippen LogP contribution in [0.5, 0.6) is 0 Å². The average Bonchev–Trinajstić information content (AvgIpc) is 3.07. The van der Waals surface area contributed by atoms with Gasteiger partial charge in [-0.25, -0.2) is 0 Å². The summed E-state index contributed by atoms with van der Waals surface area (Å²) in [6.45, 7) is 2.78. The van der Waals surface area contributed by atoms with Crippen LogP contribution >= 0.6 is 23.1 Å². The lowest BCUT2D eigenvalue weighted by atomic mass is 9.95. The highest BCUT2D eigenvalue weighted by atomic mass is 32.2. The van der Waals surface area contributed by atoms with Gasteiger partial charge in [0.2, 0.25) is 0 Å². The zero-order chi connectivity index (χ0) is 13.0. The van der Waals surface area contributed by atoms with Gasteiger partial charge in [0.25, 0.3) is 0 Å². The van der Waals surface area contributed by atoms with Gasteiger partial charge in [-0.2, -0.15) is 0 Å². The predicted molar refractivity (Wildman–Crippen MR) is 72.0 cm³/mol. The number of rotatable bonds is 8. The molecular formula is C11H17N3O2S2. The summed E-state index contributed by atoms with van der Waals surface area (Å²) >= 11 is 2.93. The standard InChI is InChI=1S/C11H17N3O2S2/c1-2-5-12-11(9(15)16,8-3-4-8)6-17-10-14-13-7-18-10/h7-8,12H,2-6H2,1H3,(H,15,16). The first kappa shape index (κ1) is 13.8. The van der Waals surface area contributed by atoms with Crippen molar-refractivity contribution >= 4 is 29.1 Å². The maximum absolute atomic E-state index is 11.7. The molecule has 100 valence electrons. The molecular weight excluding hydrogens is 270 g/mol. The molecule has 0 aromatic carbocycles. The van der Waals surface area contributed by atoms with Gasteiger partial charge in [0.1, 0.15) is 11.0 Å². The topological polar surface area (TPSA) is 75.1 Å². The molecule has 1 aromatic rings. The van der Waals surface area contributed by atoms with Crippen LogP contribution in [-0.4, -0.2) is 39.1 Å². The fraction of sp³-hybridized carbons (Fsp3) is 0.727. The van der Waals surface area contributed by atoms with Crippen LogP contribution in [-0.2, 0) is 4.79 Å². The first-order valence-corrected chi connectivity index (χ1v) is 7.93. The molecule has 0 bridgehead atoms. The summed E-state index contributed by atoms with van der Waals surface area (Å²) < 4.78 is 0.833. The highest BCUT2D eigenvalue weighted by Gasteiger charge is 2.50. The number of carboxylic acid groups (broad SMARTS) is 1. The van der Waals surface area contributed by atoms with Crippen molar-refractivity contribution in [1.29, 1.82) is 0 Å². The van der Waals surface area contributed by atoms with E-state index in [1.807, 2.05) is 6.92 Å². The molecule has 2 rings (SSSR count). The maximum atomic E-state index is 11.7. The first-order valence-electron chi connectivity index (χ1n) is 6.06. The van der Waals surface area contributed by atoms with E-state index in [1.54, 1.807) is 5.51 Å². The molecule has 2 N–H and O–H groups in total. The van der Waals surface area contributed by atoms with Crippen molar-refractivity contribution in [2.24, 2.45) is 5.92 Å². The van der Waals surface area contributed by atoms with Crippen LogP contribution in [0.1, 0.15) is 26.2 Å². The van der Waals surface area contributed by atoms with Gasteiger partial charge in [0.15, 0.2) is 4.34 Å². The van der Waals surface area contributed by atoms with Crippen molar-refractivity contribution < 1.29 is 9.90 Å². The van der Waals surface area contributed by atoms with E-state index in [4.69, 9.17) is 0 Å². The van der Waals surface area contributed by atoms with Gasteiger partial charge in [0, 0.05) is 5.75 Å². The number of aliphatic carboxylic acids is 1. The highest BCUT2D eigenvalue weighted by molar-refractivity contribution is 8.01. The first-order chi connectivity index (χ1) is 8.69. The van der Waals surface area contributed by atoms with E-state index in [9.17, 15) is 9.90 Å². The van der Waals surface area contributed by atoms with Crippen LogP contribution in [0, 0.1) is 5.92 Å². The molecule has 7 heteroatoms.